The molecule has 1 aromatic carbocycles. The molecule has 21 heavy (non-hydrogen) atoms. The van der Waals surface area contributed by atoms with Crippen molar-refractivity contribution in [1.29, 1.82) is 0 Å². The van der Waals surface area contributed by atoms with E-state index in [4.69, 9.17) is 9.26 Å². The molecule has 6 heteroatoms. The van der Waals surface area contributed by atoms with Gasteiger partial charge in [-0.15, -0.1) is 0 Å². The normalized spacial score (nSPS) is 11.0. The van der Waals surface area contributed by atoms with Gasteiger partial charge in [0.2, 0.25) is 0 Å². The molecule has 0 N–H and O–H groups in total. The highest BCUT2D eigenvalue weighted by Crippen LogP contribution is 2.29. The van der Waals surface area contributed by atoms with Crippen LogP contribution in [0, 0.1) is 13.8 Å². The molecule has 3 aromatic rings. The van der Waals surface area contributed by atoms with Gasteiger partial charge in [-0.2, -0.15) is 0 Å². The molecule has 108 valence electrons. The molecule has 0 aliphatic carbocycles. The molecular formula is C15H15N3O3. The van der Waals surface area contributed by atoms with E-state index in [2.05, 4.69) is 10.1 Å². The lowest BCUT2D eigenvalue weighted by Gasteiger charge is -2.01. The molecule has 0 aliphatic rings. The zero-order valence-electron chi connectivity index (χ0n) is 12.3. The van der Waals surface area contributed by atoms with Crippen molar-refractivity contribution in [3.63, 3.8) is 0 Å². The zero-order chi connectivity index (χ0) is 15.1. The third-order valence-electron chi connectivity index (χ3n) is 3.56. The predicted octanol–water partition coefficient (Wildman–Crippen LogP) is 2.63. The van der Waals surface area contributed by atoms with Gasteiger partial charge in [-0.25, -0.2) is 9.78 Å². The van der Waals surface area contributed by atoms with Crippen LogP contribution < -0.4 is 0 Å². The van der Waals surface area contributed by atoms with Crippen LogP contribution in [0.15, 0.2) is 22.7 Å². The fourth-order valence-electron chi connectivity index (χ4n) is 2.47. The number of hydrogen-bond donors (Lipinski definition) is 0. The Labute approximate surface area is 121 Å². The van der Waals surface area contributed by atoms with Crippen molar-refractivity contribution in [3.05, 3.63) is 35.2 Å². The topological polar surface area (TPSA) is 70.2 Å². The van der Waals surface area contributed by atoms with Crippen LogP contribution in [0.3, 0.4) is 0 Å². The minimum absolute atomic E-state index is 0.374. The summed E-state index contributed by atoms with van der Waals surface area (Å²) in [5, 5.41) is 3.96. The van der Waals surface area contributed by atoms with Crippen molar-refractivity contribution in [2.24, 2.45) is 7.05 Å². The summed E-state index contributed by atoms with van der Waals surface area (Å²) in [6.07, 6.45) is 0. The number of methoxy groups -OCH3 is 1. The summed E-state index contributed by atoms with van der Waals surface area (Å²) in [5.41, 5.74) is 3.81. The van der Waals surface area contributed by atoms with Crippen molar-refractivity contribution in [1.82, 2.24) is 14.7 Å². The van der Waals surface area contributed by atoms with Gasteiger partial charge in [-0.3, -0.25) is 0 Å². The Balaban J connectivity index is 2.22. The second-order valence-corrected chi connectivity index (χ2v) is 4.89. The zero-order valence-corrected chi connectivity index (χ0v) is 12.3. The Bertz CT molecular complexity index is 826. The first-order valence-corrected chi connectivity index (χ1v) is 6.51. The number of fused-ring (bicyclic) bond motifs is 1. The number of carbonyl (C=O) groups is 1. The maximum atomic E-state index is 11.6. The van der Waals surface area contributed by atoms with Crippen molar-refractivity contribution < 1.29 is 14.1 Å². The molecule has 0 aliphatic heterocycles. The van der Waals surface area contributed by atoms with Gasteiger partial charge in [0.1, 0.15) is 11.6 Å². The summed E-state index contributed by atoms with van der Waals surface area (Å²) >= 11 is 0. The van der Waals surface area contributed by atoms with E-state index < -0.39 is 0 Å². The van der Waals surface area contributed by atoms with Crippen molar-refractivity contribution in [2.75, 3.05) is 7.11 Å². The van der Waals surface area contributed by atoms with E-state index in [-0.39, 0.29) is 5.97 Å². The smallest absolute Gasteiger partial charge is 0.337 e. The number of nitrogens with zero attached hydrogens (tertiary/aromatic N) is 3. The monoisotopic (exact) mass is 285 g/mol. The van der Waals surface area contributed by atoms with Crippen LogP contribution in [-0.4, -0.2) is 27.8 Å². The van der Waals surface area contributed by atoms with E-state index in [9.17, 15) is 4.79 Å². The first kappa shape index (κ1) is 13.4. The third kappa shape index (κ3) is 1.99. The molecule has 0 saturated carbocycles. The number of aryl methyl sites for hydroxylation is 3. The fraction of sp³-hybridized carbons (Fsp3) is 0.267. The summed E-state index contributed by atoms with van der Waals surface area (Å²) in [6, 6.07) is 5.31. The van der Waals surface area contributed by atoms with Gasteiger partial charge in [-0.05, 0) is 32.0 Å². The quantitative estimate of drug-likeness (QED) is 0.677. The van der Waals surface area contributed by atoms with Gasteiger partial charge >= 0.3 is 5.97 Å². The maximum Gasteiger partial charge on any atom is 0.337 e. The van der Waals surface area contributed by atoms with Crippen molar-refractivity contribution in [3.8, 4) is 11.4 Å². The maximum absolute atomic E-state index is 11.6. The Hall–Kier alpha value is -2.63. The van der Waals surface area contributed by atoms with Gasteiger partial charge in [0.05, 0.1) is 35.0 Å². The van der Waals surface area contributed by atoms with E-state index in [1.54, 1.807) is 12.1 Å². The Morgan fingerprint density at radius 2 is 2.10 bits per heavy atom. The molecular weight excluding hydrogens is 270 g/mol. The van der Waals surface area contributed by atoms with Crippen molar-refractivity contribution >= 4 is 17.0 Å². The van der Waals surface area contributed by atoms with Gasteiger partial charge in [-0.1, -0.05) is 5.16 Å². The Morgan fingerprint density at radius 3 is 2.71 bits per heavy atom. The molecule has 0 saturated heterocycles. The molecule has 2 heterocycles. The van der Waals surface area contributed by atoms with Crippen LogP contribution in [-0.2, 0) is 11.8 Å². The van der Waals surface area contributed by atoms with Crippen LogP contribution >= 0.6 is 0 Å². The van der Waals surface area contributed by atoms with E-state index in [0.29, 0.717) is 5.56 Å². The van der Waals surface area contributed by atoms with Crippen LogP contribution in [0.25, 0.3) is 22.4 Å². The lowest BCUT2D eigenvalue weighted by atomic mass is 10.2. The van der Waals surface area contributed by atoms with Crippen LogP contribution in [0.1, 0.15) is 21.8 Å². The van der Waals surface area contributed by atoms with E-state index >= 15 is 0 Å². The van der Waals surface area contributed by atoms with Crippen LogP contribution in [0.5, 0.6) is 0 Å². The fourth-order valence-corrected chi connectivity index (χ4v) is 2.47. The predicted molar refractivity (Wildman–Crippen MR) is 77.0 cm³/mol. The highest BCUT2D eigenvalue weighted by molar-refractivity contribution is 5.94. The first-order valence-electron chi connectivity index (χ1n) is 6.51. The average molecular weight is 285 g/mol. The summed E-state index contributed by atoms with van der Waals surface area (Å²) in [7, 11) is 3.29. The number of esters is 1. The SMILES string of the molecule is COC(=O)c1ccc2c(c1)nc(-c1c(C)noc1C)n2C. The first-order chi connectivity index (χ1) is 10.0. The summed E-state index contributed by atoms with van der Waals surface area (Å²) in [4.78, 5) is 16.2. The average Bonchev–Trinajstić information content (AvgIpc) is 2.98. The van der Waals surface area contributed by atoms with Gasteiger partial charge in [0.15, 0.2) is 0 Å². The second-order valence-electron chi connectivity index (χ2n) is 4.89. The number of rotatable bonds is 2. The number of imidazole rings is 1. The number of hydrogen-bond acceptors (Lipinski definition) is 5. The molecule has 2 aromatic heterocycles. The minimum Gasteiger partial charge on any atom is -0.465 e. The number of carbonyl (C=O) groups excluding carboxylic acids is 1. The number of ether oxygens (including phenoxy) is 1. The molecule has 0 unspecified atom stereocenters. The lowest BCUT2D eigenvalue weighted by molar-refractivity contribution is 0.0601. The van der Waals surface area contributed by atoms with Gasteiger partial charge in [0, 0.05) is 7.05 Å². The molecule has 0 atom stereocenters. The largest absolute Gasteiger partial charge is 0.465 e. The van der Waals surface area contributed by atoms with Crippen molar-refractivity contribution in [2.45, 2.75) is 13.8 Å². The van der Waals surface area contributed by atoms with E-state index in [1.165, 1.54) is 7.11 Å². The molecule has 6 nitrogen and oxygen atoms in total. The second kappa shape index (κ2) is 4.73. The molecule has 0 spiro atoms. The summed E-state index contributed by atoms with van der Waals surface area (Å²) < 4.78 is 11.9. The molecule has 0 radical (unpaired) electrons. The van der Waals surface area contributed by atoms with Gasteiger partial charge < -0.3 is 13.8 Å². The van der Waals surface area contributed by atoms with Crippen LogP contribution in [0.2, 0.25) is 0 Å². The number of benzene rings is 1. The molecule has 0 fully saturated rings. The standard InChI is InChI=1S/C15H15N3O3/c1-8-13(9(2)21-17-8)14-16-11-7-10(15(19)20-4)5-6-12(11)18(14)3/h5-7H,1-4H3. The summed E-state index contributed by atoms with van der Waals surface area (Å²) in [5.74, 6) is 1.11. The highest BCUT2D eigenvalue weighted by Gasteiger charge is 2.19. The summed E-state index contributed by atoms with van der Waals surface area (Å²) in [6.45, 7) is 3.74. The third-order valence-corrected chi connectivity index (χ3v) is 3.56. The highest BCUT2D eigenvalue weighted by atomic mass is 16.5. The van der Waals surface area contributed by atoms with E-state index in [0.717, 1.165) is 33.9 Å². The Morgan fingerprint density at radius 1 is 1.33 bits per heavy atom. The number of aromatic nitrogens is 3. The lowest BCUT2D eigenvalue weighted by Crippen LogP contribution is -2.00. The van der Waals surface area contributed by atoms with Gasteiger partial charge in [0.25, 0.3) is 0 Å². The Kier molecular flexibility index (Phi) is 3.01. The van der Waals surface area contributed by atoms with E-state index in [1.807, 2.05) is 31.5 Å². The molecule has 0 amide bonds. The molecule has 3 rings (SSSR count). The molecule has 0 bridgehead atoms. The minimum atomic E-state index is -0.374. The van der Waals surface area contributed by atoms with Crippen LogP contribution in [0.4, 0.5) is 0 Å².